The number of hydrogen-bond donors (Lipinski definition) is 2. The molecule has 148 valence electrons. The number of anilines is 1. The summed E-state index contributed by atoms with van der Waals surface area (Å²) in [6.45, 7) is 2.78. The van der Waals surface area contributed by atoms with Crippen molar-refractivity contribution in [1.29, 1.82) is 0 Å². The van der Waals surface area contributed by atoms with Crippen LogP contribution in [0, 0.1) is 0 Å². The Morgan fingerprint density at radius 2 is 2.10 bits per heavy atom. The predicted octanol–water partition coefficient (Wildman–Crippen LogP) is 4.54. The molecule has 2 heterocycles. The average Bonchev–Trinajstić information content (AvgIpc) is 3.30. The fourth-order valence-electron chi connectivity index (χ4n) is 3.28. The van der Waals surface area contributed by atoms with E-state index < -0.39 is 0 Å². The Bertz CT molecular complexity index is 1220. The molecule has 0 bridgehead atoms. The Morgan fingerprint density at radius 3 is 2.93 bits per heavy atom. The van der Waals surface area contributed by atoms with Gasteiger partial charge in [-0.3, -0.25) is 4.79 Å². The van der Waals surface area contributed by atoms with Gasteiger partial charge in [0, 0.05) is 54.3 Å². The largest absolute Gasteiger partial charge is 0.383 e. The number of hydrogen-bond acceptors (Lipinski definition) is 4. The number of nitrogens with zero attached hydrogens (tertiary/aromatic N) is 2. The van der Waals surface area contributed by atoms with Gasteiger partial charge < -0.3 is 19.6 Å². The van der Waals surface area contributed by atoms with Gasteiger partial charge in [0.1, 0.15) is 0 Å². The van der Waals surface area contributed by atoms with Crippen LogP contribution in [0.5, 0.6) is 0 Å². The van der Waals surface area contributed by atoms with E-state index in [-0.39, 0.29) is 5.91 Å². The Labute approximate surface area is 172 Å². The fourth-order valence-corrected chi connectivity index (χ4v) is 4.23. The lowest BCUT2D eigenvalue weighted by Crippen LogP contribution is -2.18. The predicted molar refractivity (Wildman–Crippen MR) is 117 cm³/mol. The standard InChI is InChI=1S/C22H22N4O2S/c1-15(27)24-16-6-5-7-17(12-16)25-22-26(10-11-28-2)21(14-29-22)19-13-23-20-9-4-3-8-18(19)20/h3-9,12-14,23H,10-11H2,1-2H3,(H,24,27). The summed E-state index contributed by atoms with van der Waals surface area (Å²) in [6, 6.07) is 15.8. The lowest BCUT2D eigenvalue weighted by atomic mass is 10.1. The maximum Gasteiger partial charge on any atom is 0.221 e. The number of carbonyl (C=O) groups excluding carboxylic acids is 1. The number of benzene rings is 2. The number of para-hydroxylation sites is 1. The first-order valence-corrected chi connectivity index (χ1v) is 10.2. The van der Waals surface area contributed by atoms with Crippen LogP contribution in [0.4, 0.5) is 11.4 Å². The van der Waals surface area contributed by atoms with Gasteiger partial charge in [-0.2, -0.15) is 0 Å². The van der Waals surface area contributed by atoms with Crippen molar-refractivity contribution in [3.8, 4) is 11.3 Å². The first-order chi connectivity index (χ1) is 14.2. The molecule has 29 heavy (non-hydrogen) atoms. The van der Waals surface area contributed by atoms with Crippen molar-refractivity contribution < 1.29 is 9.53 Å². The fraction of sp³-hybridized carbons (Fsp3) is 0.182. The summed E-state index contributed by atoms with van der Waals surface area (Å²) in [5.41, 5.74) is 4.86. The van der Waals surface area contributed by atoms with Gasteiger partial charge in [0.05, 0.1) is 18.0 Å². The zero-order valence-corrected chi connectivity index (χ0v) is 17.1. The van der Waals surface area contributed by atoms with Crippen LogP contribution in [0.3, 0.4) is 0 Å². The van der Waals surface area contributed by atoms with E-state index >= 15 is 0 Å². The lowest BCUT2D eigenvalue weighted by molar-refractivity contribution is -0.114. The van der Waals surface area contributed by atoms with E-state index in [4.69, 9.17) is 9.73 Å². The number of carbonyl (C=O) groups is 1. The monoisotopic (exact) mass is 406 g/mol. The maximum absolute atomic E-state index is 11.3. The molecule has 1 amide bonds. The summed E-state index contributed by atoms with van der Waals surface area (Å²) in [5, 5.41) is 6.10. The van der Waals surface area contributed by atoms with Crippen LogP contribution in [0.1, 0.15) is 6.92 Å². The van der Waals surface area contributed by atoms with Crippen LogP contribution in [0.15, 0.2) is 65.1 Å². The van der Waals surface area contributed by atoms with Crippen LogP contribution in [-0.2, 0) is 16.1 Å². The van der Waals surface area contributed by atoms with Gasteiger partial charge in [0.25, 0.3) is 0 Å². The number of H-pyrrole nitrogens is 1. The van der Waals surface area contributed by atoms with Crippen LogP contribution < -0.4 is 10.1 Å². The third-order valence-corrected chi connectivity index (χ3v) is 5.44. The zero-order valence-electron chi connectivity index (χ0n) is 16.3. The molecular formula is C22H22N4O2S. The molecule has 0 aliphatic heterocycles. The quantitative estimate of drug-likeness (QED) is 0.494. The Balaban J connectivity index is 1.80. The average molecular weight is 407 g/mol. The van der Waals surface area contributed by atoms with Crippen molar-refractivity contribution in [3.63, 3.8) is 0 Å². The molecule has 0 saturated heterocycles. The normalized spacial score (nSPS) is 11.9. The van der Waals surface area contributed by atoms with Gasteiger partial charge in [-0.1, -0.05) is 24.3 Å². The summed E-state index contributed by atoms with van der Waals surface area (Å²) in [7, 11) is 1.70. The van der Waals surface area contributed by atoms with E-state index in [1.54, 1.807) is 18.4 Å². The van der Waals surface area contributed by atoms with Gasteiger partial charge in [0.2, 0.25) is 5.91 Å². The highest BCUT2D eigenvalue weighted by Crippen LogP contribution is 2.29. The molecule has 0 aliphatic carbocycles. The van der Waals surface area contributed by atoms with Crippen LogP contribution in [0.2, 0.25) is 0 Å². The molecule has 6 nitrogen and oxygen atoms in total. The number of fused-ring (bicyclic) bond motifs is 1. The van der Waals surface area contributed by atoms with Gasteiger partial charge in [0.15, 0.2) is 4.80 Å². The minimum absolute atomic E-state index is 0.102. The molecule has 2 N–H and O–H groups in total. The van der Waals surface area contributed by atoms with Gasteiger partial charge in [-0.15, -0.1) is 11.3 Å². The van der Waals surface area contributed by atoms with E-state index in [0.29, 0.717) is 13.2 Å². The number of ether oxygens (including phenoxy) is 1. The lowest BCUT2D eigenvalue weighted by Gasteiger charge is -2.08. The smallest absolute Gasteiger partial charge is 0.221 e. The van der Waals surface area contributed by atoms with E-state index in [9.17, 15) is 4.79 Å². The van der Waals surface area contributed by atoms with Crippen molar-refractivity contribution in [2.45, 2.75) is 13.5 Å². The van der Waals surface area contributed by atoms with Gasteiger partial charge in [-0.05, 0) is 24.3 Å². The molecule has 2 aromatic carbocycles. The molecule has 0 radical (unpaired) electrons. The molecule has 0 fully saturated rings. The number of rotatable bonds is 6. The number of methoxy groups -OCH3 is 1. The highest BCUT2D eigenvalue weighted by atomic mass is 32.1. The Hall–Kier alpha value is -3.16. The highest BCUT2D eigenvalue weighted by molar-refractivity contribution is 7.07. The van der Waals surface area contributed by atoms with Crippen molar-refractivity contribution in [3.05, 3.63) is 64.9 Å². The van der Waals surface area contributed by atoms with Crippen molar-refractivity contribution in [1.82, 2.24) is 9.55 Å². The molecule has 4 rings (SSSR count). The van der Waals surface area contributed by atoms with Crippen molar-refractivity contribution >= 4 is 39.5 Å². The molecule has 2 aromatic heterocycles. The zero-order chi connectivity index (χ0) is 20.2. The third kappa shape index (κ3) is 4.16. The van der Waals surface area contributed by atoms with Gasteiger partial charge >= 0.3 is 0 Å². The van der Waals surface area contributed by atoms with Crippen LogP contribution in [0.25, 0.3) is 22.2 Å². The van der Waals surface area contributed by atoms with E-state index in [1.165, 1.54) is 12.3 Å². The topological polar surface area (TPSA) is 71.4 Å². The highest BCUT2D eigenvalue weighted by Gasteiger charge is 2.12. The first kappa shape index (κ1) is 19.2. The first-order valence-electron chi connectivity index (χ1n) is 9.32. The minimum atomic E-state index is -0.102. The second-order valence-corrected chi connectivity index (χ2v) is 7.48. The number of thiazole rings is 1. The number of aromatic amines is 1. The minimum Gasteiger partial charge on any atom is -0.383 e. The Morgan fingerprint density at radius 1 is 1.24 bits per heavy atom. The number of nitrogens with one attached hydrogen (secondary N) is 2. The molecule has 0 spiro atoms. The second kappa shape index (κ2) is 8.46. The summed E-state index contributed by atoms with van der Waals surface area (Å²) >= 11 is 1.59. The summed E-state index contributed by atoms with van der Waals surface area (Å²) in [4.78, 5) is 20.4. The molecule has 0 saturated carbocycles. The van der Waals surface area contributed by atoms with Gasteiger partial charge in [-0.25, -0.2) is 4.99 Å². The van der Waals surface area contributed by atoms with E-state index in [2.05, 4.69) is 32.4 Å². The van der Waals surface area contributed by atoms with E-state index in [0.717, 1.165) is 33.0 Å². The summed E-state index contributed by atoms with van der Waals surface area (Å²) in [6.07, 6.45) is 2.04. The van der Waals surface area contributed by atoms with Crippen LogP contribution in [-0.4, -0.2) is 29.2 Å². The third-order valence-electron chi connectivity index (χ3n) is 4.57. The maximum atomic E-state index is 11.3. The molecular weight excluding hydrogens is 384 g/mol. The molecule has 4 aromatic rings. The van der Waals surface area contributed by atoms with Crippen LogP contribution >= 0.6 is 11.3 Å². The van der Waals surface area contributed by atoms with Crippen molar-refractivity contribution in [2.24, 2.45) is 4.99 Å². The molecule has 0 aliphatic rings. The SMILES string of the molecule is COCCn1c(-c2c[nH]c3ccccc23)csc1=Nc1cccc(NC(C)=O)c1. The molecule has 0 atom stereocenters. The second-order valence-electron chi connectivity index (χ2n) is 6.64. The number of amides is 1. The summed E-state index contributed by atoms with van der Waals surface area (Å²) < 4.78 is 7.51. The van der Waals surface area contributed by atoms with E-state index in [1.807, 2.05) is 42.6 Å². The number of aromatic nitrogens is 2. The molecule has 0 unspecified atom stereocenters. The Kier molecular flexibility index (Phi) is 5.59. The summed E-state index contributed by atoms with van der Waals surface area (Å²) in [5.74, 6) is -0.102. The van der Waals surface area contributed by atoms with Crippen molar-refractivity contribution in [2.75, 3.05) is 19.0 Å². The molecule has 7 heteroatoms.